The molecule has 3 rings (SSSR count). The molecule has 0 aliphatic rings. The zero-order valence-corrected chi connectivity index (χ0v) is 12.4. The second kappa shape index (κ2) is 6.81. The summed E-state index contributed by atoms with van der Waals surface area (Å²) in [5.41, 5.74) is 2.07. The largest absolute Gasteiger partial charge is 0.496 e. The first-order valence-electron chi connectivity index (χ1n) is 7.19. The van der Waals surface area contributed by atoms with Gasteiger partial charge in [0.2, 0.25) is 0 Å². The van der Waals surface area contributed by atoms with E-state index < -0.39 is 0 Å². The van der Waals surface area contributed by atoms with Crippen LogP contribution in [0.1, 0.15) is 17.2 Å². The van der Waals surface area contributed by atoms with Gasteiger partial charge in [0.05, 0.1) is 7.11 Å². The first-order valence-corrected chi connectivity index (χ1v) is 7.19. The smallest absolute Gasteiger partial charge is 0.152 e. The van der Waals surface area contributed by atoms with Gasteiger partial charge in [-0.2, -0.15) is 0 Å². The molecule has 2 heteroatoms. The van der Waals surface area contributed by atoms with Crippen LogP contribution in [0, 0.1) is 6.07 Å². The second-order valence-corrected chi connectivity index (χ2v) is 4.88. The fourth-order valence-corrected chi connectivity index (χ4v) is 2.40. The third kappa shape index (κ3) is 3.12. The first-order chi connectivity index (χ1) is 10.9. The van der Waals surface area contributed by atoms with Crippen LogP contribution in [0.2, 0.25) is 0 Å². The van der Waals surface area contributed by atoms with Crippen molar-refractivity contribution in [3.05, 3.63) is 96.1 Å². The molecule has 22 heavy (non-hydrogen) atoms. The first kappa shape index (κ1) is 14.2. The van der Waals surface area contributed by atoms with Crippen molar-refractivity contribution in [3.8, 4) is 11.5 Å². The highest BCUT2D eigenvalue weighted by molar-refractivity contribution is 5.41. The molecule has 0 saturated heterocycles. The lowest BCUT2D eigenvalue weighted by Crippen LogP contribution is -2.10. The van der Waals surface area contributed by atoms with E-state index in [4.69, 9.17) is 9.47 Å². The molecule has 1 radical (unpaired) electrons. The van der Waals surface area contributed by atoms with Crippen LogP contribution in [-0.2, 0) is 0 Å². The molecule has 3 aromatic carbocycles. The monoisotopic (exact) mass is 289 g/mol. The fraction of sp³-hybridized carbons (Fsp3) is 0.100. The summed E-state index contributed by atoms with van der Waals surface area (Å²) in [7, 11) is 1.68. The molecular weight excluding hydrogens is 272 g/mol. The van der Waals surface area contributed by atoms with Crippen molar-refractivity contribution in [2.24, 2.45) is 0 Å². The maximum absolute atomic E-state index is 6.19. The predicted octanol–water partition coefficient (Wildman–Crippen LogP) is 4.66. The summed E-state index contributed by atoms with van der Waals surface area (Å²) in [6, 6.07) is 28.8. The van der Waals surface area contributed by atoms with E-state index in [1.807, 2.05) is 66.7 Å². The van der Waals surface area contributed by atoms with Crippen LogP contribution in [0.3, 0.4) is 0 Å². The zero-order valence-electron chi connectivity index (χ0n) is 12.4. The molecular formula is C20H17O2. The van der Waals surface area contributed by atoms with Crippen molar-refractivity contribution < 1.29 is 9.47 Å². The summed E-state index contributed by atoms with van der Waals surface area (Å²) >= 11 is 0. The lowest BCUT2D eigenvalue weighted by molar-refractivity contribution is 0.240. The summed E-state index contributed by atoms with van der Waals surface area (Å²) < 4.78 is 11.7. The van der Waals surface area contributed by atoms with Gasteiger partial charge < -0.3 is 9.47 Å². The molecule has 1 atom stereocenters. The Morgan fingerprint density at radius 2 is 1.55 bits per heavy atom. The molecule has 0 N–H and O–H groups in total. The van der Waals surface area contributed by atoms with Gasteiger partial charge in [-0.05, 0) is 17.7 Å². The average molecular weight is 289 g/mol. The predicted molar refractivity (Wildman–Crippen MR) is 87.2 cm³/mol. The average Bonchev–Trinajstić information content (AvgIpc) is 2.61. The number of rotatable bonds is 5. The van der Waals surface area contributed by atoms with Gasteiger partial charge in [0, 0.05) is 11.6 Å². The number of hydrogen-bond donors (Lipinski definition) is 0. The van der Waals surface area contributed by atoms with Crippen molar-refractivity contribution >= 4 is 0 Å². The Hall–Kier alpha value is -2.74. The van der Waals surface area contributed by atoms with E-state index in [-0.39, 0.29) is 6.10 Å². The molecule has 0 spiro atoms. The van der Waals surface area contributed by atoms with Crippen LogP contribution in [0.25, 0.3) is 0 Å². The van der Waals surface area contributed by atoms with Crippen molar-refractivity contribution in [1.82, 2.24) is 0 Å². The van der Waals surface area contributed by atoms with Gasteiger partial charge in [-0.15, -0.1) is 0 Å². The van der Waals surface area contributed by atoms with Crippen LogP contribution in [0.5, 0.6) is 11.5 Å². The number of para-hydroxylation sites is 2. The molecule has 3 aromatic rings. The van der Waals surface area contributed by atoms with Crippen molar-refractivity contribution in [2.75, 3.05) is 7.11 Å². The Bertz CT molecular complexity index is 708. The second-order valence-electron chi connectivity index (χ2n) is 4.88. The van der Waals surface area contributed by atoms with Crippen molar-refractivity contribution in [3.63, 3.8) is 0 Å². The van der Waals surface area contributed by atoms with E-state index in [1.54, 1.807) is 7.11 Å². The zero-order chi connectivity index (χ0) is 15.2. The molecule has 0 fully saturated rings. The summed E-state index contributed by atoms with van der Waals surface area (Å²) in [6.07, 6.45) is -0.240. The van der Waals surface area contributed by atoms with E-state index >= 15 is 0 Å². The van der Waals surface area contributed by atoms with E-state index in [0.29, 0.717) is 5.75 Å². The van der Waals surface area contributed by atoms with Crippen LogP contribution in [0.4, 0.5) is 0 Å². The summed E-state index contributed by atoms with van der Waals surface area (Å²) in [6.45, 7) is 0. The standard InChI is InChI=1S/C20H17O2/c1-21-19-15-9-8-14-18(19)20(16-10-4-2-5-11-16)22-17-12-6-3-7-13-17/h2-12,14-15,20H,1H3. The molecule has 0 aliphatic heterocycles. The van der Waals surface area contributed by atoms with Crippen LogP contribution < -0.4 is 9.47 Å². The van der Waals surface area contributed by atoms with Crippen LogP contribution in [-0.4, -0.2) is 7.11 Å². The third-order valence-corrected chi connectivity index (χ3v) is 3.45. The molecule has 0 saturated carbocycles. The lowest BCUT2D eigenvalue weighted by Gasteiger charge is -2.22. The SMILES string of the molecule is COc1ccccc1C(Oc1[c]cccc1)c1ccccc1. The Kier molecular flexibility index (Phi) is 4.40. The molecule has 0 bridgehead atoms. The topological polar surface area (TPSA) is 18.5 Å². The highest BCUT2D eigenvalue weighted by Crippen LogP contribution is 2.33. The van der Waals surface area contributed by atoms with Crippen LogP contribution in [0.15, 0.2) is 78.9 Å². The van der Waals surface area contributed by atoms with Crippen molar-refractivity contribution in [2.45, 2.75) is 6.10 Å². The van der Waals surface area contributed by atoms with Gasteiger partial charge in [0.25, 0.3) is 0 Å². The number of methoxy groups -OCH3 is 1. The molecule has 1 unspecified atom stereocenters. The fourth-order valence-electron chi connectivity index (χ4n) is 2.40. The minimum atomic E-state index is -0.240. The number of hydrogen-bond acceptors (Lipinski definition) is 2. The molecule has 0 heterocycles. The third-order valence-electron chi connectivity index (χ3n) is 3.45. The molecule has 109 valence electrons. The van der Waals surface area contributed by atoms with Gasteiger partial charge in [0.1, 0.15) is 11.5 Å². The highest BCUT2D eigenvalue weighted by Gasteiger charge is 2.19. The number of benzene rings is 3. The van der Waals surface area contributed by atoms with Gasteiger partial charge in [-0.1, -0.05) is 66.7 Å². The Balaban J connectivity index is 2.03. The van der Waals surface area contributed by atoms with Gasteiger partial charge in [0.15, 0.2) is 6.10 Å². The maximum atomic E-state index is 6.19. The minimum absolute atomic E-state index is 0.240. The lowest BCUT2D eigenvalue weighted by atomic mass is 10.0. The summed E-state index contributed by atoms with van der Waals surface area (Å²) in [4.78, 5) is 0. The van der Waals surface area contributed by atoms with Gasteiger partial charge in [-0.3, -0.25) is 0 Å². The quantitative estimate of drug-likeness (QED) is 0.680. The van der Waals surface area contributed by atoms with Gasteiger partial charge >= 0.3 is 0 Å². The Labute approximate surface area is 131 Å². The number of ether oxygens (including phenoxy) is 2. The maximum Gasteiger partial charge on any atom is 0.152 e. The van der Waals surface area contributed by atoms with Gasteiger partial charge in [-0.25, -0.2) is 0 Å². The van der Waals surface area contributed by atoms with E-state index in [2.05, 4.69) is 18.2 Å². The molecule has 0 aromatic heterocycles. The Morgan fingerprint density at radius 1 is 0.818 bits per heavy atom. The molecule has 0 aliphatic carbocycles. The minimum Gasteiger partial charge on any atom is -0.496 e. The normalized spacial score (nSPS) is 11.7. The highest BCUT2D eigenvalue weighted by atomic mass is 16.5. The summed E-state index contributed by atoms with van der Waals surface area (Å²) in [5, 5.41) is 0. The van der Waals surface area contributed by atoms with Crippen LogP contribution >= 0.6 is 0 Å². The van der Waals surface area contributed by atoms with Crippen molar-refractivity contribution in [1.29, 1.82) is 0 Å². The van der Waals surface area contributed by atoms with E-state index in [9.17, 15) is 0 Å². The van der Waals surface area contributed by atoms with E-state index in [1.165, 1.54) is 0 Å². The summed E-state index contributed by atoms with van der Waals surface area (Å²) in [5.74, 6) is 1.52. The van der Waals surface area contributed by atoms with E-state index in [0.717, 1.165) is 16.9 Å². The molecule has 2 nitrogen and oxygen atoms in total. The molecule has 0 amide bonds. The Morgan fingerprint density at radius 3 is 2.27 bits per heavy atom.